The highest BCUT2D eigenvalue weighted by atomic mass is 35.5. The van der Waals surface area contributed by atoms with E-state index >= 15 is 0 Å². The van der Waals surface area contributed by atoms with Crippen molar-refractivity contribution in [2.45, 2.75) is 0 Å². The number of rotatable bonds is 3. The van der Waals surface area contributed by atoms with E-state index in [1.807, 2.05) is 24.3 Å². The first-order chi connectivity index (χ1) is 10.5. The third kappa shape index (κ3) is 2.79. The highest BCUT2D eigenvalue weighted by molar-refractivity contribution is 7.20. The van der Waals surface area contributed by atoms with E-state index in [-0.39, 0.29) is 0 Å². The van der Waals surface area contributed by atoms with Gasteiger partial charge >= 0.3 is 0 Å². The minimum atomic E-state index is -0.703. The Bertz CT molecular complexity index is 872. The quantitative estimate of drug-likeness (QED) is 0.536. The van der Waals surface area contributed by atoms with Crippen LogP contribution in [0.15, 0.2) is 42.5 Å². The summed E-state index contributed by atoms with van der Waals surface area (Å²) in [4.78, 5) is 14.5. The van der Waals surface area contributed by atoms with Gasteiger partial charge in [-0.05, 0) is 29.5 Å². The maximum atomic E-state index is 11.4. The van der Waals surface area contributed by atoms with Crippen LogP contribution in [0.2, 0.25) is 0 Å². The number of nitrogens with zero attached hydrogens (tertiary/aromatic N) is 2. The van der Waals surface area contributed by atoms with Crippen LogP contribution in [0.4, 0.5) is 5.69 Å². The number of para-hydroxylation sites is 1. The van der Waals surface area contributed by atoms with Crippen LogP contribution in [0.1, 0.15) is 10.6 Å². The predicted molar refractivity (Wildman–Crippen MR) is 85.9 cm³/mol. The fraction of sp³-hybridized carbons (Fsp3) is 0. The summed E-state index contributed by atoms with van der Waals surface area (Å²) < 4.78 is 1.00. The summed E-state index contributed by atoms with van der Waals surface area (Å²) in [6.07, 6.45) is 1.56. The number of hydrogen-bond donors (Lipinski definition) is 0. The van der Waals surface area contributed by atoms with E-state index in [4.69, 9.17) is 11.6 Å². The summed E-state index contributed by atoms with van der Waals surface area (Å²) in [6.45, 7) is 0. The van der Waals surface area contributed by atoms with Gasteiger partial charge in [0.15, 0.2) is 0 Å². The van der Waals surface area contributed by atoms with Crippen molar-refractivity contribution in [1.29, 1.82) is 0 Å². The molecule has 5 nitrogen and oxygen atoms in total. The van der Waals surface area contributed by atoms with E-state index in [2.05, 4.69) is 4.98 Å². The molecule has 110 valence electrons. The molecule has 0 saturated heterocycles. The molecule has 1 heterocycles. The Morgan fingerprint density at radius 3 is 2.77 bits per heavy atom. The second-order valence-corrected chi connectivity index (χ2v) is 5.90. The van der Waals surface area contributed by atoms with Gasteiger partial charge in [0.25, 0.3) is 5.69 Å². The second kappa shape index (κ2) is 5.75. The van der Waals surface area contributed by atoms with Crippen molar-refractivity contribution in [2.75, 3.05) is 0 Å². The minimum absolute atomic E-state index is 0.370. The lowest BCUT2D eigenvalue weighted by Crippen LogP contribution is -1.97. The molecule has 22 heavy (non-hydrogen) atoms. The van der Waals surface area contributed by atoms with Gasteiger partial charge in [-0.2, -0.15) is 0 Å². The van der Waals surface area contributed by atoms with Gasteiger partial charge in [0.05, 0.1) is 20.2 Å². The molecule has 0 saturated carbocycles. The van der Waals surface area contributed by atoms with Crippen LogP contribution < -0.4 is 5.11 Å². The second-order valence-electron chi connectivity index (χ2n) is 4.46. The number of nitro benzene ring substituents is 1. The molecule has 0 aliphatic carbocycles. The molecule has 0 aliphatic rings. The van der Waals surface area contributed by atoms with E-state index in [1.165, 1.54) is 23.5 Å². The van der Waals surface area contributed by atoms with Gasteiger partial charge < -0.3 is 5.11 Å². The van der Waals surface area contributed by atoms with Crippen molar-refractivity contribution in [3.8, 4) is 5.75 Å². The molecule has 2 aromatic carbocycles. The molecule has 0 aliphatic heterocycles. The smallest absolute Gasteiger partial charge is 0.262 e. The van der Waals surface area contributed by atoms with Gasteiger partial charge in [-0.3, -0.25) is 10.1 Å². The monoisotopic (exact) mass is 331 g/mol. The summed E-state index contributed by atoms with van der Waals surface area (Å²) in [5.74, 6) is -0.627. The minimum Gasteiger partial charge on any atom is -0.868 e. The molecule has 0 unspecified atom stereocenters. The van der Waals surface area contributed by atoms with Crippen molar-refractivity contribution in [2.24, 2.45) is 0 Å². The van der Waals surface area contributed by atoms with Crippen molar-refractivity contribution in [1.82, 2.24) is 4.98 Å². The van der Waals surface area contributed by atoms with Gasteiger partial charge in [-0.1, -0.05) is 35.9 Å². The highest BCUT2D eigenvalue weighted by Gasteiger charge is 2.10. The SMILES string of the molecule is O=[N+]([O-])c1cc(/C=C(\Cl)c2nc3ccccc3s2)ccc1[O-]. The van der Waals surface area contributed by atoms with Crippen LogP contribution in [0.5, 0.6) is 5.75 Å². The molecule has 0 atom stereocenters. The van der Waals surface area contributed by atoms with Crippen LogP contribution in [0, 0.1) is 10.1 Å². The van der Waals surface area contributed by atoms with Crippen molar-refractivity contribution >= 4 is 50.0 Å². The van der Waals surface area contributed by atoms with Gasteiger partial charge in [-0.15, -0.1) is 11.3 Å². The molecule has 0 spiro atoms. The molecule has 1 aromatic heterocycles. The number of benzene rings is 2. The number of aromatic nitrogens is 1. The van der Waals surface area contributed by atoms with E-state index in [0.29, 0.717) is 15.6 Å². The van der Waals surface area contributed by atoms with Crippen LogP contribution in [-0.4, -0.2) is 9.91 Å². The van der Waals surface area contributed by atoms with Crippen molar-refractivity contribution in [3.05, 3.63) is 63.1 Å². The Hall–Kier alpha value is -2.44. The van der Waals surface area contributed by atoms with Gasteiger partial charge in [0.1, 0.15) is 5.01 Å². The summed E-state index contributed by atoms with van der Waals surface area (Å²) >= 11 is 7.68. The molecule has 0 bridgehead atoms. The lowest BCUT2D eigenvalue weighted by atomic mass is 10.2. The average Bonchev–Trinajstić information content (AvgIpc) is 2.93. The fourth-order valence-corrected chi connectivity index (χ4v) is 3.11. The van der Waals surface area contributed by atoms with Gasteiger partial charge in [-0.25, -0.2) is 4.98 Å². The first-order valence-corrected chi connectivity index (χ1v) is 7.42. The van der Waals surface area contributed by atoms with Gasteiger partial charge in [0, 0.05) is 6.07 Å². The molecule has 7 heteroatoms. The average molecular weight is 332 g/mol. The number of thiazole rings is 1. The van der Waals surface area contributed by atoms with Crippen LogP contribution >= 0.6 is 22.9 Å². The summed E-state index contributed by atoms with van der Waals surface area (Å²) in [6, 6.07) is 11.5. The molecule has 3 rings (SSSR count). The van der Waals surface area contributed by atoms with Crippen molar-refractivity contribution < 1.29 is 10.0 Å². The summed E-state index contributed by atoms with van der Waals surface area (Å²) in [7, 11) is 0. The van der Waals surface area contributed by atoms with Crippen LogP contribution in [0.25, 0.3) is 21.3 Å². The molecule has 0 amide bonds. The molecule has 0 radical (unpaired) electrons. The normalized spacial score (nSPS) is 11.8. The maximum absolute atomic E-state index is 11.4. The predicted octanol–water partition coefficient (Wildman–Crippen LogP) is 4.02. The third-order valence-electron chi connectivity index (χ3n) is 2.97. The number of fused-ring (bicyclic) bond motifs is 1. The Morgan fingerprint density at radius 1 is 1.27 bits per heavy atom. The summed E-state index contributed by atoms with van der Waals surface area (Å²) in [5, 5.41) is 23.2. The molecule has 3 aromatic rings. The van der Waals surface area contributed by atoms with Crippen LogP contribution in [-0.2, 0) is 0 Å². The lowest BCUT2D eigenvalue weighted by molar-refractivity contribution is -0.398. The van der Waals surface area contributed by atoms with E-state index in [9.17, 15) is 15.2 Å². The first-order valence-electron chi connectivity index (χ1n) is 6.23. The lowest BCUT2D eigenvalue weighted by Gasteiger charge is -2.06. The largest absolute Gasteiger partial charge is 0.868 e. The van der Waals surface area contributed by atoms with Crippen molar-refractivity contribution in [3.63, 3.8) is 0 Å². The Morgan fingerprint density at radius 2 is 2.05 bits per heavy atom. The van der Waals surface area contributed by atoms with Crippen LogP contribution in [0.3, 0.4) is 0 Å². The first kappa shape index (κ1) is 14.5. The highest BCUT2D eigenvalue weighted by Crippen LogP contribution is 2.32. The number of hydrogen-bond acceptors (Lipinski definition) is 5. The summed E-state index contributed by atoms with van der Waals surface area (Å²) in [5.41, 5.74) is 0.855. The van der Waals surface area contributed by atoms with E-state index in [0.717, 1.165) is 16.3 Å². The standard InChI is InChI=1S/C15H9ClN2O3S/c16-10(15-17-11-3-1-2-4-14(11)22-15)7-9-5-6-13(19)12(8-9)18(20)21/h1-8,19H/p-1/b10-7-. The Balaban J connectivity index is 2.00. The topological polar surface area (TPSA) is 79.1 Å². The molecular formula is C15H8ClN2O3S-. The van der Waals surface area contributed by atoms with E-state index in [1.54, 1.807) is 6.08 Å². The zero-order valence-electron chi connectivity index (χ0n) is 11.0. The molecular weight excluding hydrogens is 324 g/mol. The Kier molecular flexibility index (Phi) is 3.79. The number of nitro groups is 1. The van der Waals surface area contributed by atoms with E-state index < -0.39 is 16.4 Å². The molecule has 0 fully saturated rings. The Labute approximate surface area is 134 Å². The third-order valence-corrected chi connectivity index (χ3v) is 4.44. The molecule has 0 N–H and O–H groups in total. The zero-order valence-corrected chi connectivity index (χ0v) is 12.6. The zero-order chi connectivity index (χ0) is 15.7. The fourth-order valence-electron chi connectivity index (χ4n) is 1.95. The number of halogens is 1. The maximum Gasteiger partial charge on any atom is 0.262 e. The van der Waals surface area contributed by atoms with Gasteiger partial charge in [0.2, 0.25) is 0 Å².